The van der Waals surface area contributed by atoms with Crippen molar-refractivity contribution >= 4 is 28.4 Å². The van der Waals surface area contributed by atoms with Gasteiger partial charge in [0, 0.05) is 61.0 Å². The lowest BCUT2D eigenvalue weighted by atomic mass is 10.0. The van der Waals surface area contributed by atoms with Crippen molar-refractivity contribution in [2.24, 2.45) is 0 Å². The average Bonchev–Trinajstić information content (AvgIpc) is 3.42. The maximum Gasteiger partial charge on any atom is 0.317 e. The molecule has 9 nitrogen and oxygen atoms in total. The quantitative estimate of drug-likeness (QED) is 0.447. The fourth-order valence-corrected chi connectivity index (χ4v) is 6.22. The van der Waals surface area contributed by atoms with Crippen molar-refractivity contribution in [2.75, 3.05) is 51.3 Å². The third-order valence-corrected chi connectivity index (χ3v) is 8.55. The van der Waals surface area contributed by atoms with E-state index in [-0.39, 0.29) is 11.9 Å². The molecule has 2 aromatic carbocycles. The lowest BCUT2D eigenvalue weighted by Gasteiger charge is -2.32. The zero-order chi connectivity index (χ0) is 28.2. The minimum absolute atomic E-state index is 0.00619. The highest BCUT2D eigenvalue weighted by atomic mass is 16.5. The van der Waals surface area contributed by atoms with Crippen molar-refractivity contribution in [3.05, 3.63) is 65.5 Å². The predicted molar refractivity (Wildman–Crippen MR) is 160 cm³/mol. The highest BCUT2D eigenvalue weighted by Gasteiger charge is 2.26. The van der Waals surface area contributed by atoms with E-state index in [9.17, 15) is 4.79 Å². The van der Waals surface area contributed by atoms with Crippen molar-refractivity contribution in [2.45, 2.75) is 44.3 Å². The van der Waals surface area contributed by atoms with E-state index in [1.54, 1.807) is 11.0 Å². The Morgan fingerprint density at radius 2 is 2.05 bits per heavy atom. The molecule has 9 heteroatoms. The molecule has 41 heavy (non-hydrogen) atoms. The highest BCUT2D eigenvalue weighted by Crippen LogP contribution is 2.32. The summed E-state index contributed by atoms with van der Waals surface area (Å²) in [4.78, 5) is 29.3. The van der Waals surface area contributed by atoms with Crippen LogP contribution < -0.4 is 15.0 Å². The second kappa shape index (κ2) is 12.2. The van der Waals surface area contributed by atoms with Gasteiger partial charge >= 0.3 is 6.01 Å². The second-order valence-corrected chi connectivity index (χ2v) is 11.2. The second-order valence-electron chi connectivity index (χ2n) is 11.2. The molecule has 1 N–H and O–H groups in total. The van der Waals surface area contributed by atoms with Crippen LogP contribution in [0.1, 0.15) is 36.2 Å². The third kappa shape index (κ3) is 6.04. The number of fused-ring (bicyclic) bond motifs is 2. The summed E-state index contributed by atoms with van der Waals surface area (Å²) in [5.41, 5.74) is 3.95. The number of carbonyl (C=O) groups excluding carboxylic acids is 1. The molecular weight excluding hydrogens is 514 g/mol. The number of rotatable bonds is 7. The molecule has 1 amide bonds. The Hall–Kier alpha value is -4.00. The topological polar surface area (TPSA) is 97.6 Å². The predicted octanol–water partition coefficient (Wildman–Crippen LogP) is 3.39. The van der Waals surface area contributed by atoms with Gasteiger partial charge in [0.25, 0.3) is 0 Å². The number of likely N-dealkylation sites (tertiary alicyclic amines) is 1. The molecule has 212 valence electrons. The van der Waals surface area contributed by atoms with Gasteiger partial charge in [0.05, 0.1) is 30.4 Å². The smallest absolute Gasteiger partial charge is 0.317 e. The summed E-state index contributed by atoms with van der Waals surface area (Å²) in [6.07, 6.45) is 6.88. The lowest BCUT2D eigenvalue weighted by Crippen LogP contribution is -2.52. The van der Waals surface area contributed by atoms with Gasteiger partial charge in [-0.05, 0) is 50.4 Å². The van der Waals surface area contributed by atoms with Gasteiger partial charge in [0.1, 0.15) is 6.61 Å². The number of amides is 1. The van der Waals surface area contributed by atoms with Crippen molar-refractivity contribution in [3.8, 4) is 12.1 Å². The number of nitrogens with one attached hydrogen (secondary N) is 1. The van der Waals surface area contributed by atoms with Crippen LogP contribution in [0.2, 0.25) is 0 Å². The van der Waals surface area contributed by atoms with E-state index < -0.39 is 0 Å². The van der Waals surface area contributed by atoms with Gasteiger partial charge in [0.15, 0.2) is 0 Å². The number of benzene rings is 2. The largest absolute Gasteiger partial charge is 0.462 e. The van der Waals surface area contributed by atoms with Crippen LogP contribution in [0, 0.1) is 11.3 Å². The minimum Gasteiger partial charge on any atom is -0.462 e. The molecule has 0 spiro atoms. The minimum atomic E-state index is -0.0648. The molecule has 0 unspecified atom stereocenters. The van der Waals surface area contributed by atoms with Crippen molar-refractivity contribution < 1.29 is 9.53 Å². The SMILES string of the molecule is CN1CCC[C@H]1COc1nc(C=CC(=O)N2CCN[C@H](CC#N)C2)c2c(n1)CN(c1cccc3ccccc13)CC2. The van der Waals surface area contributed by atoms with Crippen LogP contribution in [0.25, 0.3) is 16.8 Å². The maximum atomic E-state index is 13.1. The molecule has 6 rings (SSSR count). The molecule has 1 aromatic heterocycles. The fourth-order valence-electron chi connectivity index (χ4n) is 6.22. The van der Waals surface area contributed by atoms with E-state index in [2.05, 4.69) is 70.7 Å². The Morgan fingerprint density at radius 1 is 1.17 bits per heavy atom. The van der Waals surface area contributed by atoms with Crippen LogP contribution in [0.5, 0.6) is 6.01 Å². The monoisotopic (exact) mass is 551 g/mol. The standard InChI is InChI=1S/C32H37N7O2/c1-37-17-5-8-25(37)22-41-32-35-28(11-12-31(40)39-19-16-34-24(20-39)13-15-33)27-14-18-38(21-29(27)36-32)30-10-4-7-23-6-2-3-9-26(23)30/h2-4,6-7,9-12,24-25,34H,5,8,13-14,16-22H2,1H3/t24-,25+/m1/s1. The van der Waals surface area contributed by atoms with Crippen LogP contribution in [0.15, 0.2) is 48.5 Å². The number of nitrogens with zero attached hydrogens (tertiary/aromatic N) is 6. The summed E-state index contributed by atoms with van der Waals surface area (Å²) in [6, 6.07) is 17.8. The number of aromatic nitrogens is 2. The number of ether oxygens (including phenoxy) is 1. The fraction of sp³-hybridized carbons (Fsp3) is 0.438. The zero-order valence-corrected chi connectivity index (χ0v) is 23.6. The van der Waals surface area contributed by atoms with Gasteiger partial charge < -0.3 is 24.8 Å². The molecule has 2 fully saturated rings. The number of hydrogen-bond acceptors (Lipinski definition) is 8. The number of anilines is 1. The molecule has 2 atom stereocenters. The first kappa shape index (κ1) is 27.2. The van der Waals surface area contributed by atoms with Crippen LogP contribution in [0.3, 0.4) is 0 Å². The summed E-state index contributed by atoms with van der Waals surface area (Å²) >= 11 is 0. The van der Waals surface area contributed by atoms with Crippen LogP contribution in [-0.4, -0.2) is 84.1 Å². The van der Waals surface area contributed by atoms with Crippen LogP contribution >= 0.6 is 0 Å². The van der Waals surface area contributed by atoms with Crippen molar-refractivity contribution in [3.63, 3.8) is 0 Å². The Balaban J connectivity index is 1.27. The molecular formula is C32H37N7O2. The lowest BCUT2D eigenvalue weighted by molar-refractivity contribution is -0.127. The van der Waals surface area contributed by atoms with E-state index in [1.807, 2.05) is 6.08 Å². The number of hydrogen-bond donors (Lipinski definition) is 1. The summed E-state index contributed by atoms with van der Waals surface area (Å²) < 4.78 is 6.19. The van der Waals surface area contributed by atoms with E-state index >= 15 is 0 Å². The van der Waals surface area contributed by atoms with Crippen molar-refractivity contribution in [1.82, 2.24) is 25.1 Å². The normalized spacial score (nSPS) is 21.3. The Kier molecular flexibility index (Phi) is 8.12. The number of likely N-dealkylation sites (N-methyl/N-ethyl adjacent to an activating group) is 1. The van der Waals surface area contributed by atoms with Gasteiger partial charge in [-0.15, -0.1) is 0 Å². The summed E-state index contributed by atoms with van der Waals surface area (Å²) in [7, 11) is 2.13. The van der Waals surface area contributed by atoms with Gasteiger partial charge in [-0.1, -0.05) is 36.4 Å². The number of piperazine rings is 1. The molecule has 0 bridgehead atoms. The number of carbonyl (C=O) groups is 1. The Labute approximate surface area is 241 Å². The molecule has 0 aliphatic carbocycles. The molecule has 0 saturated carbocycles. The van der Waals surface area contributed by atoms with E-state index in [0.29, 0.717) is 51.3 Å². The van der Waals surface area contributed by atoms with Gasteiger partial charge in [-0.2, -0.15) is 15.2 Å². The molecule has 0 radical (unpaired) electrons. The number of nitriles is 1. The first-order valence-corrected chi connectivity index (χ1v) is 14.6. The van der Waals surface area contributed by atoms with Crippen LogP contribution in [-0.2, 0) is 17.8 Å². The first-order valence-electron chi connectivity index (χ1n) is 14.6. The van der Waals surface area contributed by atoms with Gasteiger partial charge in [-0.3, -0.25) is 4.79 Å². The highest BCUT2D eigenvalue weighted by molar-refractivity contribution is 5.94. The molecule has 4 heterocycles. The van der Waals surface area contributed by atoms with E-state index in [0.717, 1.165) is 42.9 Å². The summed E-state index contributed by atoms with van der Waals surface area (Å²) in [6.45, 7) is 4.94. The molecule has 2 saturated heterocycles. The molecule has 3 aliphatic rings. The van der Waals surface area contributed by atoms with Crippen molar-refractivity contribution in [1.29, 1.82) is 5.26 Å². The van der Waals surface area contributed by atoms with E-state index in [1.165, 1.54) is 22.9 Å². The van der Waals surface area contributed by atoms with E-state index in [4.69, 9.17) is 20.0 Å². The zero-order valence-electron chi connectivity index (χ0n) is 23.6. The average molecular weight is 552 g/mol. The third-order valence-electron chi connectivity index (χ3n) is 8.55. The summed E-state index contributed by atoms with van der Waals surface area (Å²) in [5.74, 6) is -0.0648. The molecule has 3 aliphatic heterocycles. The summed E-state index contributed by atoms with van der Waals surface area (Å²) in [5, 5.41) is 14.8. The first-order chi connectivity index (χ1) is 20.1. The van der Waals surface area contributed by atoms with Gasteiger partial charge in [-0.25, -0.2) is 0 Å². The Bertz CT molecular complexity index is 1480. The van der Waals surface area contributed by atoms with Crippen LogP contribution in [0.4, 0.5) is 5.69 Å². The molecule has 3 aromatic rings. The maximum absolute atomic E-state index is 13.1. The Morgan fingerprint density at radius 3 is 2.90 bits per heavy atom. The van der Waals surface area contributed by atoms with Gasteiger partial charge in [0.2, 0.25) is 5.91 Å².